The quantitative estimate of drug-likeness (QED) is 0.525. The fraction of sp³-hybridized carbons (Fsp3) is 0.304. The zero-order chi connectivity index (χ0) is 20.7. The highest BCUT2D eigenvalue weighted by Crippen LogP contribution is 2.25. The van der Waals surface area contributed by atoms with Gasteiger partial charge in [-0.2, -0.15) is 0 Å². The molecule has 2 aromatic carbocycles. The van der Waals surface area contributed by atoms with Gasteiger partial charge in [-0.25, -0.2) is 4.79 Å². The van der Waals surface area contributed by atoms with Crippen molar-refractivity contribution >= 4 is 21.8 Å². The first-order valence-corrected chi connectivity index (χ1v) is 9.71. The Morgan fingerprint density at radius 1 is 1.00 bits per heavy atom. The predicted molar refractivity (Wildman–Crippen MR) is 116 cm³/mol. The zero-order valence-corrected chi connectivity index (χ0v) is 17.2. The monoisotopic (exact) mass is 391 g/mol. The van der Waals surface area contributed by atoms with Crippen LogP contribution in [0.15, 0.2) is 58.3 Å². The molecule has 1 unspecified atom stereocenters. The Morgan fingerprint density at radius 2 is 1.72 bits per heavy atom. The number of aryl methyl sites for hydroxylation is 2. The van der Waals surface area contributed by atoms with E-state index in [1.165, 1.54) is 4.57 Å². The Bertz CT molecular complexity index is 1330. The van der Waals surface area contributed by atoms with Gasteiger partial charge in [0.05, 0.1) is 30.1 Å². The molecule has 4 aromatic rings. The number of fused-ring (bicyclic) bond motifs is 2. The van der Waals surface area contributed by atoms with Crippen molar-refractivity contribution in [3.8, 4) is 0 Å². The third-order valence-electron chi connectivity index (χ3n) is 5.60. The number of hydrogen-bond donors (Lipinski definition) is 0. The van der Waals surface area contributed by atoms with Crippen LogP contribution in [0.3, 0.4) is 0 Å². The van der Waals surface area contributed by atoms with Crippen LogP contribution in [0, 0.1) is 6.92 Å². The lowest BCUT2D eigenvalue weighted by Gasteiger charge is -2.16. The Morgan fingerprint density at radius 3 is 2.48 bits per heavy atom. The van der Waals surface area contributed by atoms with Crippen molar-refractivity contribution in [2.75, 3.05) is 7.11 Å². The number of aromatic nitrogens is 3. The van der Waals surface area contributed by atoms with Crippen LogP contribution in [0.25, 0.3) is 21.8 Å². The highest BCUT2D eigenvalue weighted by Gasteiger charge is 2.17. The van der Waals surface area contributed by atoms with Gasteiger partial charge in [0.2, 0.25) is 0 Å². The van der Waals surface area contributed by atoms with Crippen LogP contribution >= 0.6 is 0 Å². The molecule has 0 fully saturated rings. The molecule has 0 bridgehead atoms. The summed E-state index contributed by atoms with van der Waals surface area (Å²) in [6.45, 7) is 4.53. The van der Waals surface area contributed by atoms with E-state index in [-0.39, 0.29) is 23.9 Å². The zero-order valence-electron chi connectivity index (χ0n) is 17.2. The molecule has 0 amide bonds. The summed E-state index contributed by atoms with van der Waals surface area (Å²) < 4.78 is 10.4. The number of methoxy groups -OCH3 is 1. The third kappa shape index (κ3) is 3.19. The number of rotatable bonds is 5. The third-order valence-corrected chi connectivity index (χ3v) is 5.60. The van der Waals surface area contributed by atoms with Crippen LogP contribution in [-0.2, 0) is 24.9 Å². The number of hydrogen-bond acceptors (Lipinski definition) is 3. The van der Waals surface area contributed by atoms with E-state index in [1.54, 1.807) is 17.7 Å². The molecular formula is C23H25N3O3. The summed E-state index contributed by atoms with van der Waals surface area (Å²) in [5.74, 6) is 0. The van der Waals surface area contributed by atoms with Gasteiger partial charge in [0.15, 0.2) is 0 Å². The van der Waals surface area contributed by atoms with Gasteiger partial charge in [0, 0.05) is 31.3 Å². The fourth-order valence-electron chi connectivity index (χ4n) is 4.04. The highest BCUT2D eigenvalue weighted by molar-refractivity contribution is 5.87. The standard InChI is InChI=1S/C23H25N3O3/c1-15-8-7-11-20-21(15)17(13-24(20)3)14-25-19-10-6-5-9-18(19)22(27)26(23(25)28)12-16(2)29-4/h5-11,13,16H,12,14H2,1-4H3. The Labute approximate surface area is 168 Å². The molecule has 4 rings (SSSR count). The summed E-state index contributed by atoms with van der Waals surface area (Å²) in [4.78, 5) is 26.3. The van der Waals surface area contributed by atoms with Gasteiger partial charge in [0.1, 0.15) is 0 Å². The van der Waals surface area contributed by atoms with Gasteiger partial charge in [-0.1, -0.05) is 24.3 Å². The van der Waals surface area contributed by atoms with E-state index in [0.29, 0.717) is 17.4 Å². The van der Waals surface area contributed by atoms with Crippen molar-refractivity contribution in [2.24, 2.45) is 7.05 Å². The van der Waals surface area contributed by atoms with Crippen molar-refractivity contribution in [2.45, 2.75) is 33.0 Å². The van der Waals surface area contributed by atoms with E-state index in [0.717, 1.165) is 22.0 Å². The molecule has 29 heavy (non-hydrogen) atoms. The van der Waals surface area contributed by atoms with Gasteiger partial charge < -0.3 is 9.30 Å². The molecule has 2 aromatic heterocycles. The van der Waals surface area contributed by atoms with E-state index in [9.17, 15) is 9.59 Å². The van der Waals surface area contributed by atoms with Crippen LogP contribution in [0.5, 0.6) is 0 Å². The molecule has 0 radical (unpaired) electrons. The van der Waals surface area contributed by atoms with Crippen molar-refractivity contribution in [3.63, 3.8) is 0 Å². The molecule has 0 aliphatic heterocycles. The van der Waals surface area contributed by atoms with E-state index >= 15 is 0 Å². The molecule has 0 aliphatic carbocycles. The van der Waals surface area contributed by atoms with Crippen LogP contribution in [0.1, 0.15) is 18.1 Å². The van der Waals surface area contributed by atoms with E-state index in [2.05, 4.69) is 29.8 Å². The van der Waals surface area contributed by atoms with Gasteiger partial charge in [0.25, 0.3) is 5.56 Å². The highest BCUT2D eigenvalue weighted by atomic mass is 16.5. The molecule has 6 nitrogen and oxygen atoms in total. The minimum atomic E-state index is -0.316. The summed E-state index contributed by atoms with van der Waals surface area (Å²) in [5, 5.41) is 1.68. The van der Waals surface area contributed by atoms with Gasteiger partial charge in [-0.3, -0.25) is 13.9 Å². The van der Waals surface area contributed by atoms with Crippen molar-refractivity contribution in [3.05, 3.63) is 80.6 Å². The molecule has 0 aliphatic rings. The molecule has 0 saturated carbocycles. The maximum atomic E-state index is 13.4. The predicted octanol–water partition coefficient (Wildman–Crippen LogP) is 3.05. The van der Waals surface area contributed by atoms with Crippen LogP contribution in [0.4, 0.5) is 0 Å². The summed E-state index contributed by atoms with van der Waals surface area (Å²) in [6.07, 6.45) is 1.82. The second-order valence-corrected chi connectivity index (χ2v) is 7.58. The summed E-state index contributed by atoms with van der Waals surface area (Å²) in [5.41, 5.74) is 3.39. The Kier molecular flexibility index (Phi) is 4.88. The molecule has 150 valence electrons. The second-order valence-electron chi connectivity index (χ2n) is 7.58. The topological polar surface area (TPSA) is 58.2 Å². The van der Waals surface area contributed by atoms with Gasteiger partial charge in [-0.05, 0) is 43.2 Å². The lowest BCUT2D eigenvalue weighted by Crippen LogP contribution is -2.42. The minimum absolute atomic E-state index is 0.216. The molecule has 6 heteroatoms. The molecular weight excluding hydrogens is 366 g/mol. The number of ether oxygens (including phenoxy) is 1. The van der Waals surface area contributed by atoms with Gasteiger partial charge >= 0.3 is 5.69 Å². The van der Waals surface area contributed by atoms with Crippen LogP contribution < -0.4 is 11.2 Å². The molecule has 2 heterocycles. The van der Waals surface area contributed by atoms with Gasteiger partial charge in [-0.15, -0.1) is 0 Å². The lowest BCUT2D eigenvalue weighted by atomic mass is 10.1. The van der Waals surface area contributed by atoms with Crippen molar-refractivity contribution < 1.29 is 4.74 Å². The molecule has 0 N–H and O–H groups in total. The second kappa shape index (κ2) is 7.37. The number of para-hydroxylation sites is 1. The first kappa shape index (κ1) is 19.2. The Hall–Kier alpha value is -3.12. The first-order valence-electron chi connectivity index (χ1n) is 9.71. The lowest BCUT2D eigenvalue weighted by molar-refractivity contribution is 0.101. The van der Waals surface area contributed by atoms with Crippen LogP contribution in [0.2, 0.25) is 0 Å². The number of benzene rings is 2. The van der Waals surface area contributed by atoms with E-state index in [4.69, 9.17) is 4.74 Å². The maximum absolute atomic E-state index is 13.4. The smallest absolute Gasteiger partial charge is 0.331 e. The SMILES string of the molecule is COC(C)Cn1c(=O)c2ccccc2n(Cc2cn(C)c3cccc(C)c23)c1=O. The summed E-state index contributed by atoms with van der Waals surface area (Å²) in [6, 6.07) is 13.5. The number of nitrogens with zero attached hydrogens (tertiary/aromatic N) is 3. The summed E-state index contributed by atoms with van der Waals surface area (Å²) in [7, 11) is 3.58. The molecule has 1 atom stereocenters. The largest absolute Gasteiger partial charge is 0.380 e. The summed E-state index contributed by atoms with van der Waals surface area (Å²) >= 11 is 0. The van der Waals surface area contributed by atoms with Crippen LogP contribution in [-0.4, -0.2) is 26.9 Å². The molecule has 0 spiro atoms. The van der Waals surface area contributed by atoms with Crippen molar-refractivity contribution in [1.82, 2.24) is 13.7 Å². The normalized spacial score (nSPS) is 12.7. The van der Waals surface area contributed by atoms with Crippen molar-refractivity contribution in [1.29, 1.82) is 0 Å². The Balaban J connectivity index is 1.97. The molecule has 0 saturated heterocycles. The van der Waals surface area contributed by atoms with E-state index in [1.807, 2.05) is 38.2 Å². The maximum Gasteiger partial charge on any atom is 0.331 e. The fourth-order valence-corrected chi connectivity index (χ4v) is 4.04. The first-order chi connectivity index (χ1) is 13.9. The average Bonchev–Trinajstić information content (AvgIpc) is 3.05. The minimum Gasteiger partial charge on any atom is -0.380 e. The van der Waals surface area contributed by atoms with E-state index < -0.39 is 0 Å². The average molecular weight is 391 g/mol.